The SMILES string of the molecule is O=c1n(CCCC2CCCC2)nnn1-c1ccc(NS(=O)(=O)c2ccc3c(c2)CC[C@H](CNC[C@H](O)c2cccnc2)O3)cc1. The number of nitrogens with one attached hydrogen (secondary N) is 2. The molecule has 0 unspecified atom stereocenters. The first-order chi connectivity index (χ1) is 21.9. The maximum absolute atomic E-state index is 13.2. The lowest BCUT2D eigenvalue weighted by Crippen LogP contribution is -2.36. The highest BCUT2D eigenvalue weighted by molar-refractivity contribution is 7.92. The van der Waals surface area contributed by atoms with Gasteiger partial charge in [0.1, 0.15) is 11.9 Å². The van der Waals surface area contributed by atoms with Crippen LogP contribution in [0.25, 0.3) is 5.69 Å². The molecule has 238 valence electrons. The molecule has 0 saturated heterocycles. The van der Waals surface area contributed by atoms with E-state index in [1.54, 1.807) is 54.9 Å². The molecule has 0 spiro atoms. The van der Waals surface area contributed by atoms with E-state index in [-0.39, 0.29) is 16.7 Å². The third-order valence-electron chi connectivity index (χ3n) is 8.61. The van der Waals surface area contributed by atoms with Gasteiger partial charge in [-0.1, -0.05) is 31.7 Å². The maximum atomic E-state index is 13.2. The Balaban J connectivity index is 1.02. The van der Waals surface area contributed by atoms with Gasteiger partial charge in [-0.25, -0.2) is 13.2 Å². The third kappa shape index (κ3) is 7.60. The zero-order chi connectivity index (χ0) is 31.2. The fourth-order valence-electron chi connectivity index (χ4n) is 6.09. The number of sulfonamides is 1. The van der Waals surface area contributed by atoms with Crippen LogP contribution in [-0.4, -0.2) is 57.5 Å². The van der Waals surface area contributed by atoms with Crippen molar-refractivity contribution in [2.75, 3.05) is 17.8 Å². The molecule has 2 aliphatic rings. The van der Waals surface area contributed by atoms with Crippen molar-refractivity contribution in [3.63, 3.8) is 0 Å². The second-order valence-corrected chi connectivity index (χ2v) is 13.5. The van der Waals surface area contributed by atoms with Crippen LogP contribution in [-0.2, 0) is 23.0 Å². The van der Waals surface area contributed by atoms with Gasteiger partial charge >= 0.3 is 5.69 Å². The van der Waals surface area contributed by atoms with Crippen molar-refractivity contribution in [2.24, 2.45) is 5.92 Å². The quantitative estimate of drug-likeness (QED) is 0.200. The Morgan fingerprint density at radius 1 is 1.04 bits per heavy atom. The van der Waals surface area contributed by atoms with Crippen LogP contribution >= 0.6 is 0 Å². The number of tetrazole rings is 1. The van der Waals surface area contributed by atoms with Crippen molar-refractivity contribution < 1.29 is 18.3 Å². The predicted molar refractivity (Wildman–Crippen MR) is 169 cm³/mol. The minimum atomic E-state index is -3.86. The topological polar surface area (TPSA) is 153 Å². The number of aliphatic hydroxyl groups excluding tert-OH is 1. The second-order valence-electron chi connectivity index (χ2n) is 11.8. The molecular formula is C32H39N7O5S. The van der Waals surface area contributed by atoms with Crippen LogP contribution in [0.2, 0.25) is 0 Å². The van der Waals surface area contributed by atoms with Crippen molar-refractivity contribution in [1.82, 2.24) is 30.1 Å². The second kappa shape index (κ2) is 13.9. The van der Waals surface area contributed by atoms with E-state index in [9.17, 15) is 18.3 Å². The lowest BCUT2D eigenvalue weighted by Gasteiger charge is -2.27. The minimum Gasteiger partial charge on any atom is -0.489 e. The van der Waals surface area contributed by atoms with Crippen LogP contribution < -0.4 is 20.5 Å². The number of benzene rings is 2. The molecule has 2 atom stereocenters. The van der Waals surface area contributed by atoms with Gasteiger partial charge in [-0.15, -0.1) is 0 Å². The molecule has 0 radical (unpaired) electrons. The molecule has 4 aromatic rings. The smallest absolute Gasteiger partial charge is 0.368 e. The number of nitrogens with zero attached hydrogens (tertiary/aromatic N) is 5. The Bertz CT molecular complexity index is 1740. The Labute approximate surface area is 262 Å². The van der Waals surface area contributed by atoms with E-state index in [2.05, 4.69) is 25.4 Å². The molecule has 0 amide bonds. The number of rotatable bonds is 13. The van der Waals surface area contributed by atoms with Gasteiger partial charge in [-0.3, -0.25) is 9.71 Å². The summed E-state index contributed by atoms with van der Waals surface area (Å²) in [6, 6.07) is 15.0. The number of aryl methyl sites for hydroxylation is 2. The molecule has 1 aliphatic heterocycles. The van der Waals surface area contributed by atoms with E-state index in [4.69, 9.17) is 4.74 Å². The monoisotopic (exact) mass is 633 g/mol. The van der Waals surface area contributed by atoms with Crippen molar-refractivity contribution in [2.45, 2.75) is 75.0 Å². The lowest BCUT2D eigenvalue weighted by molar-refractivity contribution is 0.146. The highest BCUT2D eigenvalue weighted by Gasteiger charge is 2.23. The van der Waals surface area contributed by atoms with E-state index < -0.39 is 16.1 Å². The summed E-state index contributed by atoms with van der Waals surface area (Å²) in [5, 5.41) is 21.6. The number of ether oxygens (including phenoxy) is 1. The van der Waals surface area contributed by atoms with E-state index in [1.165, 1.54) is 41.1 Å². The molecule has 13 heteroatoms. The van der Waals surface area contributed by atoms with Crippen LogP contribution in [0.4, 0.5) is 5.69 Å². The summed E-state index contributed by atoms with van der Waals surface area (Å²) >= 11 is 0. The summed E-state index contributed by atoms with van der Waals surface area (Å²) in [7, 11) is -3.86. The van der Waals surface area contributed by atoms with E-state index >= 15 is 0 Å². The van der Waals surface area contributed by atoms with Gasteiger partial charge in [0.25, 0.3) is 10.0 Å². The molecule has 2 aromatic heterocycles. The summed E-state index contributed by atoms with van der Waals surface area (Å²) in [5.74, 6) is 1.41. The van der Waals surface area contributed by atoms with Crippen LogP contribution in [0.3, 0.4) is 0 Å². The number of fused-ring (bicyclic) bond motifs is 1. The Kier molecular flexibility index (Phi) is 9.57. The van der Waals surface area contributed by atoms with Gasteiger partial charge in [-0.05, 0) is 96.1 Å². The first kappa shape index (κ1) is 30.9. The molecule has 1 aliphatic carbocycles. The highest BCUT2D eigenvalue weighted by Crippen LogP contribution is 2.31. The number of aliphatic hydroxyl groups is 1. The van der Waals surface area contributed by atoms with Gasteiger partial charge in [-0.2, -0.15) is 9.36 Å². The maximum Gasteiger partial charge on any atom is 0.368 e. The zero-order valence-electron chi connectivity index (χ0n) is 25.1. The van der Waals surface area contributed by atoms with Crippen LogP contribution in [0.5, 0.6) is 5.75 Å². The molecule has 12 nitrogen and oxygen atoms in total. The summed E-state index contributed by atoms with van der Waals surface area (Å²) in [6.07, 6.45) is 11.1. The minimum absolute atomic E-state index is 0.0938. The lowest BCUT2D eigenvalue weighted by atomic mass is 10.0. The summed E-state index contributed by atoms with van der Waals surface area (Å²) in [5.41, 5.74) is 2.13. The molecule has 3 heterocycles. The molecular weight excluding hydrogens is 594 g/mol. The van der Waals surface area contributed by atoms with Gasteiger partial charge in [0.05, 0.1) is 16.7 Å². The standard InChI is InChI=1S/C32H39N7O5S/c40-30(25-8-3-17-33-20-25)22-34-21-28-14-9-24-19-29(15-16-31(24)44-28)45(42,43)35-26-10-12-27(13-11-26)39-32(41)38(36-37-39)18-4-7-23-5-1-2-6-23/h3,8,10-13,15-17,19-20,23,28,30,34-35,40H,1-2,4-7,9,14,18,21-22H2/t28-,30+/m1/s1. The van der Waals surface area contributed by atoms with Crippen molar-refractivity contribution >= 4 is 15.7 Å². The number of anilines is 1. The van der Waals surface area contributed by atoms with Crippen molar-refractivity contribution in [3.8, 4) is 11.4 Å². The molecule has 1 saturated carbocycles. The number of hydrogen-bond donors (Lipinski definition) is 3. The summed E-state index contributed by atoms with van der Waals surface area (Å²) < 4.78 is 37.8. The Hall–Kier alpha value is -4.07. The molecule has 0 bridgehead atoms. The van der Waals surface area contributed by atoms with Gasteiger partial charge in [0.2, 0.25) is 0 Å². The van der Waals surface area contributed by atoms with Gasteiger partial charge in [0, 0.05) is 43.3 Å². The Morgan fingerprint density at radius 2 is 1.87 bits per heavy atom. The molecule has 3 N–H and O–H groups in total. The van der Waals surface area contributed by atoms with Crippen LogP contribution in [0.15, 0.2) is 76.7 Å². The molecule has 6 rings (SSSR count). The van der Waals surface area contributed by atoms with E-state index in [0.717, 1.165) is 29.9 Å². The average Bonchev–Trinajstić information content (AvgIpc) is 3.71. The first-order valence-corrected chi connectivity index (χ1v) is 17.1. The van der Waals surface area contributed by atoms with Gasteiger partial charge < -0.3 is 15.2 Å². The zero-order valence-corrected chi connectivity index (χ0v) is 25.9. The predicted octanol–water partition coefficient (Wildman–Crippen LogP) is 3.61. The number of pyridine rings is 1. The van der Waals surface area contributed by atoms with Crippen molar-refractivity contribution in [3.05, 3.63) is 88.6 Å². The Morgan fingerprint density at radius 3 is 2.64 bits per heavy atom. The number of aromatic nitrogens is 5. The third-order valence-corrected chi connectivity index (χ3v) is 9.99. The average molecular weight is 634 g/mol. The molecule has 1 fully saturated rings. The fraction of sp³-hybridized carbons (Fsp3) is 0.438. The summed E-state index contributed by atoms with van der Waals surface area (Å²) in [6.45, 7) is 1.46. The van der Waals surface area contributed by atoms with Crippen molar-refractivity contribution in [1.29, 1.82) is 0 Å². The molecule has 2 aromatic carbocycles. The van der Waals surface area contributed by atoms with Gasteiger partial charge in [0.15, 0.2) is 0 Å². The van der Waals surface area contributed by atoms with E-state index in [1.807, 2.05) is 6.07 Å². The normalized spacial score (nSPS) is 17.5. The summed E-state index contributed by atoms with van der Waals surface area (Å²) in [4.78, 5) is 17.0. The van der Waals surface area contributed by atoms with Crippen LogP contribution in [0.1, 0.15) is 62.2 Å². The van der Waals surface area contributed by atoms with Crippen LogP contribution in [0, 0.1) is 5.92 Å². The molecule has 45 heavy (non-hydrogen) atoms. The largest absolute Gasteiger partial charge is 0.489 e. The van der Waals surface area contributed by atoms with E-state index in [0.29, 0.717) is 49.6 Å². The fourth-order valence-corrected chi connectivity index (χ4v) is 7.20. The number of hydrogen-bond acceptors (Lipinski definition) is 9. The highest BCUT2D eigenvalue weighted by atomic mass is 32.2. The first-order valence-electron chi connectivity index (χ1n) is 15.6.